The zero-order chi connectivity index (χ0) is 27.2. The molecular weight excluding hydrogens is 503 g/mol. The van der Waals surface area contributed by atoms with Gasteiger partial charge >= 0.3 is 0 Å². The van der Waals surface area contributed by atoms with Crippen LogP contribution in [0.25, 0.3) is 22.3 Å². The first-order valence-corrected chi connectivity index (χ1v) is 14.5. The molecule has 0 saturated heterocycles. The first-order valence-electron chi connectivity index (χ1n) is 13.5. The summed E-state index contributed by atoms with van der Waals surface area (Å²) < 4.78 is 23.6. The van der Waals surface area contributed by atoms with Crippen molar-refractivity contribution in [2.45, 2.75) is 37.3 Å². The van der Waals surface area contributed by atoms with Gasteiger partial charge in [0.05, 0.1) is 39.6 Å². The Bertz CT molecular complexity index is 1290. The average molecular weight is 541 g/mol. The highest BCUT2D eigenvalue weighted by molar-refractivity contribution is 7.49. The van der Waals surface area contributed by atoms with Gasteiger partial charge in [0.25, 0.3) is 0 Å². The molecule has 0 N–H and O–H groups in total. The van der Waals surface area contributed by atoms with Gasteiger partial charge in [-0.25, -0.2) is 0 Å². The van der Waals surface area contributed by atoms with E-state index < -0.39 is 0 Å². The minimum Gasteiger partial charge on any atom is -0.496 e. The molecule has 1 unspecified atom stereocenters. The molecule has 202 valence electrons. The second-order valence-corrected chi connectivity index (χ2v) is 11.6. The second-order valence-electron chi connectivity index (χ2n) is 9.94. The van der Waals surface area contributed by atoms with Crippen molar-refractivity contribution in [3.05, 3.63) is 90.5 Å². The van der Waals surface area contributed by atoms with Gasteiger partial charge < -0.3 is 18.9 Å². The normalized spacial score (nSPS) is 14.8. The quantitative estimate of drug-likeness (QED) is 0.201. The van der Waals surface area contributed by atoms with E-state index in [2.05, 4.69) is 48.5 Å². The van der Waals surface area contributed by atoms with E-state index in [1.165, 1.54) is 30.1 Å². The molecule has 4 aromatic rings. The van der Waals surface area contributed by atoms with Gasteiger partial charge in [0.15, 0.2) is 0 Å². The summed E-state index contributed by atoms with van der Waals surface area (Å²) in [5.41, 5.74) is 5.60. The topological polar surface area (TPSA) is 36.9 Å². The summed E-state index contributed by atoms with van der Waals surface area (Å²) in [6.07, 6.45) is 6.07. The standard InChI is InChI=1S/C34H37O4P/c1-35-27-18-12-19-28(36-2)31(27)25-16-11-17-26(32-29(37-3)20-13-21-30(32)38-4)33(25)39-34(22-9-6-10-23-34)24-14-7-5-8-15-24/h5,7-8,11-21,39H,6,9-10,22-23H2,1-4H3. The molecule has 5 rings (SSSR count). The largest absolute Gasteiger partial charge is 0.496 e. The number of benzene rings is 4. The summed E-state index contributed by atoms with van der Waals surface area (Å²) in [5, 5.41) is 1.32. The van der Waals surface area contributed by atoms with Crippen molar-refractivity contribution in [2.75, 3.05) is 28.4 Å². The van der Waals surface area contributed by atoms with Gasteiger partial charge in [-0.2, -0.15) is 0 Å². The molecule has 0 aromatic heterocycles. The molecule has 4 aromatic carbocycles. The molecule has 5 heteroatoms. The van der Waals surface area contributed by atoms with Crippen LogP contribution in [-0.2, 0) is 5.16 Å². The Kier molecular flexibility index (Phi) is 8.43. The molecular formula is C34H37O4P. The van der Waals surface area contributed by atoms with Crippen LogP contribution in [0.5, 0.6) is 23.0 Å². The van der Waals surface area contributed by atoms with E-state index in [1.807, 2.05) is 36.4 Å². The fourth-order valence-corrected chi connectivity index (χ4v) is 8.05. The van der Waals surface area contributed by atoms with Crippen LogP contribution in [0, 0.1) is 0 Å². The van der Waals surface area contributed by atoms with Gasteiger partial charge in [0.2, 0.25) is 0 Å². The van der Waals surface area contributed by atoms with E-state index >= 15 is 0 Å². The number of ether oxygens (including phenoxy) is 4. The third-order valence-corrected chi connectivity index (χ3v) is 9.91. The molecule has 4 nitrogen and oxygen atoms in total. The van der Waals surface area contributed by atoms with Crippen LogP contribution in [0.2, 0.25) is 0 Å². The lowest BCUT2D eigenvalue weighted by atomic mass is 9.83. The van der Waals surface area contributed by atoms with Crippen LogP contribution in [0.4, 0.5) is 0 Å². The number of hydrogen-bond acceptors (Lipinski definition) is 4. The maximum atomic E-state index is 5.91. The minimum atomic E-state index is 0.0505. The van der Waals surface area contributed by atoms with Crippen LogP contribution < -0.4 is 24.3 Å². The molecule has 1 aliphatic rings. The van der Waals surface area contributed by atoms with Crippen molar-refractivity contribution in [3.8, 4) is 45.3 Å². The Labute approximate surface area is 234 Å². The van der Waals surface area contributed by atoms with Gasteiger partial charge in [0, 0.05) is 5.16 Å². The third-order valence-electron chi connectivity index (χ3n) is 7.86. The van der Waals surface area contributed by atoms with E-state index in [9.17, 15) is 0 Å². The first kappa shape index (κ1) is 27.1. The minimum absolute atomic E-state index is 0.0505. The molecule has 1 fully saturated rings. The number of methoxy groups -OCH3 is 4. The third kappa shape index (κ3) is 5.23. The van der Waals surface area contributed by atoms with Crippen LogP contribution in [0.1, 0.15) is 37.7 Å². The van der Waals surface area contributed by atoms with Crippen molar-refractivity contribution in [1.82, 2.24) is 0 Å². The Balaban J connectivity index is 1.83. The van der Waals surface area contributed by atoms with Crippen molar-refractivity contribution >= 4 is 13.9 Å². The summed E-state index contributed by atoms with van der Waals surface area (Å²) in [4.78, 5) is 0. The number of hydrogen-bond donors (Lipinski definition) is 0. The lowest BCUT2D eigenvalue weighted by Crippen LogP contribution is -2.27. The first-order chi connectivity index (χ1) is 19.2. The maximum absolute atomic E-state index is 5.91. The fraction of sp³-hybridized carbons (Fsp3) is 0.294. The van der Waals surface area contributed by atoms with Crippen molar-refractivity contribution in [3.63, 3.8) is 0 Å². The monoisotopic (exact) mass is 540 g/mol. The Hall–Kier alpha value is -3.49. The molecule has 0 aliphatic heterocycles. The highest BCUT2D eigenvalue weighted by Gasteiger charge is 2.36. The molecule has 0 amide bonds. The second kappa shape index (κ2) is 12.1. The highest BCUT2D eigenvalue weighted by Crippen LogP contribution is 2.55. The summed E-state index contributed by atoms with van der Waals surface area (Å²) >= 11 is 0. The lowest BCUT2D eigenvalue weighted by Gasteiger charge is -2.39. The van der Waals surface area contributed by atoms with Crippen LogP contribution in [0.3, 0.4) is 0 Å². The molecule has 1 atom stereocenters. The van der Waals surface area contributed by atoms with Gasteiger partial charge in [-0.3, -0.25) is 0 Å². The average Bonchev–Trinajstić information content (AvgIpc) is 3.01. The lowest BCUT2D eigenvalue weighted by molar-refractivity contribution is 0.397. The molecule has 0 bridgehead atoms. The van der Waals surface area contributed by atoms with E-state index in [4.69, 9.17) is 18.9 Å². The summed E-state index contributed by atoms with van der Waals surface area (Å²) in [6, 6.07) is 29.6. The highest BCUT2D eigenvalue weighted by atomic mass is 31.1. The van der Waals surface area contributed by atoms with E-state index in [-0.39, 0.29) is 5.16 Å². The Morgan fingerprint density at radius 3 is 1.38 bits per heavy atom. The predicted molar refractivity (Wildman–Crippen MR) is 163 cm³/mol. The molecule has 0 spiro atoms. The van der Waals surface area contributed by atoms with Crippen molar-refractivity contribution < 1.29 is 18.9 Å². The van der Waals surface area contributed by atoms with Crippen LogP contribution >= 0.6 is 8.58 Å². The smallest absolute Gasteiger partial charge is 0.130 e. The zero-order valence-electron chi connectivity index (χ0n) is 23.3. The van der Waals surface area contributed by atoms with Gasteiger partial charge in [-0.1, -0.05) is 88.5 Å². The van der Waals surface area contributed by atoms with Crippen molar-refractivity contribution in [2.24, 2.45) is 0 Å². The predicted octanol–water partition coefficient (Wildman–Crippen LogP) is 8.22. The molecule has 0 heterocycles. The van der Waals surface area contributed by atoms with Crippen LogP contribution in [-0.4, -0.2) is 28.4 Å². The van der Waals surface area contributed by atoms with E-state index in [1.54, 1.807) is 28.4 Å². The summed E-state index contributed by atoms with van der Waals surface area (Å²) in [5.74, 6) is 3.17. The van der Waals surface area contributed by atoms with Crippen molar-refractivity contribution in [1.29, 1.82) is 0 Å². The molecule has 1 saturated carbocycles. The molecule has 1 aliphatic carbocycles. The van der Waals surface area contributed by atoms with Crippen LogP contribution in [0.15, 0.2) is 84.9 Å². The summed E-state index contributed by atoms with van der Waals surface area (Å²) in [6.45, 7) is 0. The van der Waals surface area contributed by atoms with Gasteiger partial charge in [0.1, 0.15) is 23.0 Å². The molecule has 0 radical (unpaired) electrons. The summed E-state index contributed by atoms with van der Waals surface area (Å²) in [7, 11) is 7.41. The molecule has 39 heavy (non-hydrogen) atoms. The SMILES string of the molecule is COc1cccc(OC)c1-c1cccc(-c2c(OC)cccc2OC)c1PC1(c2ccccc2)CCCCC1. The fourth-order valence-electron chi connectivity index (χ4n) is 5.97. The van der Waals surface area contributed by atoms with Gasteiger partial charge in [-0.15, -0.1) is 0 Å². The van der Waals surface area contributed by atoms with Gasteiger partial charge in [-0.05, 0) is 59.1 Å². The maximum Gasteiger partial charge on any atom is 0.130 e. The Morgan fingerprint density at radius 2 is 0.949 bits per heavy atom. The Morgan fingerprint density at radius 1 is 0.513 bits per heavy atom. The zero-order valence-corrected chi connectivity index (χ0v) is 24.3. The van der Waals surface area contributed by atoms with E-state index in [0.29, 0.717) is 8.58 Å². The number of rotatable bonds is 9. The van der Waals surface area contributed by atoms with E-state index in [0.717, 1.165) is 58.1 Å².